The average molecular weight is 288 g/mol. The first-order valence-electron chi connectivity index (χ1n) is 6.25. The molecule has 0 unspecified atom stereocenters. The third kappa shape index (κ3) is 5.15. The van der Waals surface area contributed by atoms with E-state index in [1.807, 2.05) is 45.0 Å². The summed E-state index contributed by atoms with van der Waals surface area (Å²) in [5.41, 5.74) is 1.09. The molecule has 5 heteroatoms. The summed E-state index contributed by atoms with van der Waals surface area (Å²) in [6.07, 6.45) is 1.65. The van der Waals surface area contributed by atoms with Crippen LogP contribution in [0, 0.1) is 6.92 Å². The van der Waals surface area contributed by atoms with Crippen molar-refractivity contribution in [3.63, 3.8) is 0 Å². The molecule has 0 N–H and O–H groups in total. The van der Waals surface area contributed by atoms with E-state index >= 15 is 0 Å². The number of hydrogen-bond acceptors (Lipinski definition) is 4. The van der Waals surface area contributed by atoms with E-state index in [2.05, 4.69) is 0 Å². The molecule has 0 aliphatic rings. The number of hydrogen-bond donors (Lipinski definition) is 0. The zero-order chi connectivity index (χ0) is 13.4. The second-order valence-corrected chi connectivity index (χ2v) is 7.89. The fraction of sp³-hybridized carbons (Fsp3) is 0.538. The van der Waals surface area contributed by atoms with Crippen LogP contribution in [0.4, 0.5) is 0 Å². The van der Waals surface area contributed by atoms with Crippen molar-refractivity contribution in [3.05, 3.63) is 29.8 Å². The van der Waals surface area contributed by atoms with Gasteiger partial charge < -0.3 is 9.05 Å². The molecule has 0 saturated heterocycles. The molecule has 1 aromatic carbocycles. The molecule has 0 heterocycles. The third-order valence-corrected chi connectivity index (χ3v) is 5.98. The number of rotatable bonds is 8. The summed E-state index contributed by atoms with van der Waals surface area (Å²) in [4.78, 5) is 0.952. The van der Waals surface area contributed by atoms with Gasteiger partial charge in [0.05, 0.1) is 13.2 Å². The molecule has 3 nitrogen and oxygen atoms in total. The van der Waals surface area contributed by atoms with Crippen LogP contribution in [0.2, 0.25) is 0 Å². The van der Waals surface area contributed by atoms with E-state index in [4.69, 9.17) is 9.05 Å². The van der Waals surface area contributed by atoms with Crippen molar-refractivity contribution in [1.29, 1.82) is 0 Å². The van der Waals surface area contributed by atoms with Crippen molar-refractivity contribution in [1.82, 2.24) is 0 Å². The highest BCUT2D eigenvalue weighted by Gasteiger charge is 2.26. The first kappa shape index (κ1) is 15.8. The second-order valence-electron chi connectivity index (χ2n) is 3.97. The number of aryl methyl sites for hydroxylation is 1. The average Bonchev–Trinajstić information content (AvgIpc) is 2.37. The molecule has 0 saturated carbocycles. The van der Waals surface area contributed by atoms with Gasteiger partial charge in [-0.15, -0.1) is 0 Å². The lowest BCUT2D eigenvalue weighted by molar-refractivity contribution is 0.220. The van der Waals surface area contributed by atoms with E-state index in [-0.39, 0.29) is 0 Å². The Hall–Kier alpha value is -0.280. The van der Waals surface area contributed by atoms with E-state index < -0.39 is 6.80 Å². The molecule has 0 atom stereocenters. The second kappa shape index (κ2) is 8.00. The fourth-order valence-corrected chi connectivity index (χ4v) is 4.96. The van der Waals surface area contributed by atoms with Crippen LogP contribution in [0.5, 0.6) is 0 Å². The predicted octanol–water partition coefficient (Wildman–Crippen LogP) is 5.05. The molecule has 0 spiro atoms. The van der Waals surface area contributed by atoms with Gasteiger partial charge in [-0.2, -0.15) is 0 Å². The molecule has 0 aliphatic carbocycles. The Morgan fingerprint density at radius 1 is 1.11 bits per heavy atom. The summed E-state index contributed by atoms with van der Waals surface area (Å²) in [5, 5.41) is 0. The Bertz CT molecular complexity index is 397. The van der Waals surface area contributed by atoms with Crippen molar-refractivity contribution < 1.29 is 13.6 Å². The van der Waals surface area contributed by atoms with Gasteiger partial charge in [-0.05, 0) is 42.8 Å². The van der Waals surface area contributed by atoms with Gasteiger partial charge >= 0.3 is 6.80 Å². The SMILES string of the molecule is CCCOP(=O)(OCCC)Sc1ccccc1C. The van der Waals surface area contributed by atoms with Crippen LogP contribution in [0.25, 0.3) is 0 Å². The van der Waals surface area contributed by atoms with E-state index in [1.54, 1.807) is 0 Å². The summed E-state index contributed by atoms with van der Waals surface area (Å²) in [6.45, 7) is 3.80. The van der Waals surface area contributed by atoms with Gasteiger partial charge in [0.15, 0.2) is 0 Å². The Kier molecular flexibility index (Phi) is 7.02. The van der Waals surface area contributed by atoms with Crippen molar-refractivity contribution in [3.8, 4) is 0 Å². The summed E-state index contributed by atoms with van der Waals surface area (Å²) >= 11 is 1.21. The summed E-state index contributed by atoms with van der Waals surface area (Å²) < 4.78 is 23.4. The van der Waals surface area contributed by atoms with Gasteiger partial charge in [0.1, 0.15) is 0 Å². The van der Waals surface area contributed by atoms with E-state index in [1.165, 1.54) is 11.4 Å². The van der Waals surface area contributed by atoms with Crippen LogP contribution in [0.1, 0.15) is 32.3 Å². The molecular formula is C13H21O3PS. The molecule has 18 heavy (non-hydrogen) atoms. The quantitative estimate of drug-likeness (QED) is 0.627. The third-order valence-electron chi connectivity index (χ3n) is 2.21. The maximum atomic E-state index is 12.6. The summed E-state index contributed by atoms with van der Waals surface area (Å²) in [5.74, 6) is 0. The Labute approximate surface area is 114 Å². The van der Waals surface area contributed by atoms with E-state index in [0.29, 0.717) is 13.2 Å². The van der Waals surface area contributed by atoms with Crippen LogP contribution in [0.3, 0.4) is 0 Å². The van der Waals surface area contributed by atoms with Crippen molar-refractivity contribution in [2.24, 2.45) is 0 Å². The summed E-state index contributed by atoms with van der Waals surface area (Å²) in [6, 6.07) is 7.83. The number of benzene rings is 1. The molecule has 0 bridgehead atoms. The molecule has 0 radical (unpaired) electrons. The molecule has 0 amide bonds. The van der Waals surface area contributed by atoms with Crippen molar-refractivity contribution in [2.45, 2.75) is 38.5 Å². The predicted molar refractivity (Wildman–Crippen MR) is 77.1 cm³/mol. The Morgan fingerprint density at radius 2 is 1.67 bits per heavy atom. The van der Waals surface area contributed by atoms with Crippen LogP contribution in [-0.2, 0) is 13.6 Å². The minimum absolute atomic E-state index is 0.458. The van der Waals surface area contributed by atoms with Crippen molar-refractivity contribution >= 4 is 18.2 Å². The highest BCUT2D eigenvalue weighted by molar-refractivity contribution is 8.55. The molecule has 1 rings (SSSR count). The van der Waals surface area contributed by atoms with Crippen LogP contribution >= 0.6 is 18.2 Å². The Morgan fingerprint density at radius 3 is 2.17 bits per heavy atom. The largest absolute Gasteiger partial charge is 0.393 e. The maximum absolute atomic E-state index is 12.6. The monoisotopic (exact) mass is 288 g/mol. The first-order valence-corrected chi connectivity index (χ1v) is 9.22. The van der Waals surface area contributed by atoms with E-state index in [9.17, 15) is 4.57 Å². The topological polar surface area (TPSA) is 35.5 Å². The zero-order valence-electron chi connectivity index (χ0n) is 11.2. The van der Waals surface area contributed by atoms with Crippen LogP contribution < -0.4 is 0 Å². The van der Waals surface area contributed by atoms with Gasteiger partial charge in [0.2, 0.25) is 0 Å². The normalized spacial score (nSPS) is 11.7. The van der Waals surface area contributed by atoms with Crippen molar-refractivity contribution in [2.75, 3.05) is 13.2 Å². The van der Waals surface area contributed by atoms with E-state index in [0.717, 1.165) is 23.3 Å². The summed E-state index contributed by atoms with van der Waals surface area (Å²) in [7, 11) is 0. The molecular weight excluding hydrogens is 267 g/mol. The van der Waals surface area contributed by atoms with Gasteiger partial charge in [-0.3, -0.25) is 0 Å². The fourth-order valence-electron chi connectivity index (χ4n) is 1.28. The van der Waals surface area contributed by atoms with Crippen LogP contribution in [0.15, 0.2) is 29.2 Å². The highest BCUT2D eigenvalue weighted by atomic mass is 32.7. The van der Waals surface area contributed by atoms with Gasteiger partial charge in [0.25, 0.3) is 0 Å². The van der Waals surface area contributed by atoms with Crippen LogP contribution in [-0.4, -0.2) is 13.2 Å². The maximum Gasteiger partial charge on any atom is 0.393 e. The van der Waals surface area contributed by atoms with Gasteiger partial charge in [-0.25, -0.2) is 4.57 Å². The standard InChI is InChI=1S/C13H21O3PS/c1-4-10-15-17(14,16-11-5-2)18-13-9-7-6-8-12(13)3/h6-9H,4-5,10-11H2,1-3H3. The minimum Gasteiger partial charge on any atom is -0.301 e. The zero-order valence-corrected chi connectivity index (χ0v) is 12.9. The molecule has 0 fully saturated rings. The minimum atomic E-state index is -3.08. The smallest absolute Gasteiger partial charge is 0.301 e. The lowest BCUT2D eigenvalue weighted by atomic mass is 10.2. The molecule has 102 valence electrons. The molecule has 0 aliphatic heterocycles. The highest BCUT2D eigenvalue weighted by Crippen LogP contribution is 2.64. The molecule has 0 aromatic heterocycles. The lowest BCUT2D eigenvalue weighted by Gasteiger charge is -2.17. The first-order chi connectivity index (χ1) is 8.61. The van der Waals surface area contributed by atoms with Gasteiger partial charge in [-0.1, -0.05) is 32.0 Å². The Balaban J connectivity index is 2.77. The lowest BCUT2D eigenvalue weighted by Crippen LogP contribution is -1.96. The van der Waals surface area contributed by atoms with Gasteiger partial charge in [0, 0.05) is 4.90 Å². The molecule has 1 aromatic rings.